The Morgan fingerprint density at radius 1 is 1.07 bits per heavy atom. The maximum absolute atomic E-state index is 13.3. The third-order valence-corrected chi connectivity index (χ3v) is 5.86. The van der Waals surface area contributed by atoms with E-state index >= 15 is 0 Å². The second kappa shape index (κ2) is 7.59. The summed E-state index contributed by atoms with van der Waals surface area (Å²) in [5, 5.41) is 0. The van der Waals surface area contributed by atoms with E-state index in [4.69, 9.17) is 9.47 Å². The average molecular weight is 406 g/mol. The number of methoxy groups -OCH3 is 2. The predicted octanol–water partition coefficient (Wildman–Crippen LogP) is 4.26. The number of benzene rings is 1. The van der Waals surface area contributed by atoms with Gasteiger partial charge in [-0.25, -0.2) is 0 Å². The summed E-state index contributed by atoms with van der Waals surface area (Å²) in [5.41, 5.74) is 2.89. The number of hydrogen-bond donors (Lipinski definition) is 0. The number of hydrogen-bond acceptors (Lipinski definition) is 5. The molecule has 4 rings (SSSR count). The molecule has 0 saturated carbocycles. The molecule has 1 unspecified atom stereocenters. The smallest absolute Gasteiger partial charge is 0.232 e. The molecule has 156 valence electrons. The van der Waals surface area contributed by atoms with Crippen LogP contribution < -0.4 is 14.4 Å². The first-order valence-electron chi connectivity index (χ1n) is 10.1. The van der Waals surface area contributed by atoms with E-state index in [0.29, 0.717) is 30.0 Å². The van der Waals surface area contributed by atoms with Crippen LogP contribution in [0.25, 0.3) is 0 Å². The van der Waals surface area contributed by atoms with Gasteiger partial charge < -0.3 is 9.47 Å². The van der Waals surface area contributed by atoms with Crippen molar-refractivity contribution >= 4 is 17.4 Å². The van der Waals surface area contributed by atoms with E-state index in [0.717, 1.165) is 16.8 Å². The number of amides is 1. The van der Waals surface area contributed by atoms with E-state index < -0.39 is 0 Å². The molecular formula is C24H26N2O4. The molecule has 1 aliphatic heterocycles. The van der Waals surface area contributed by atoms with Gasteiger partial charge in [-0.3, -0.25) is 19.5 Å². The van der Waals surface area contributed by atoms with Crippen LogP contribution >= 0.6 is 0 Å². The molecule has 6 heteroatoms. The highest BCUT2D eigenvalue weighted by Gasteiger charge is 2.44. The Bertz CT molecular complexity index is 1030. The lowest BCUT2D eigenvalue weighted by Crippen LogP contribution is -2.43. The summed E-state index contributed by atoms with van der Waals surface area (Å²) in [6, 6.07) is 9.27. The van der Waals surface area contributed by atoms with E-state index in [1.54, 1.807) is 37.6 Å². The van der Waals surface area contributed by atoms with Gasteiger partial charge in [0.05, 0.1) is 26.1 Å². The van der Waals surface area contributed by atoms with Crippen LogP contribution in [0.2, 0.25) is 0 Å². The van der Waals surface area contributed by atoms with Crippen molar-refractivity contribution in [2.45, 2.75) is 39.0 Å². The third kappa shape index (κ3) is 3.47. The van der Waals surface area contributed by atoms with Crippen molar-refractivity contribution in [2.24, 2.45) is 5.41 Å². The van der Waals surface area contributed by atoms with Crippen molar-refractivity contribution in [3.63, 3.8) is 0 Å². The molecule has 0 radical (unpaired) electrons. The quantitative estimate of drug-likeness (QED) is 0.759. The molecule has 1 aliphatic carbocycles. The number of nitrogens with zero attached hydrogens (tertiary/aromatic N) is 2. The van der Waals surface area contributed by atoms with E-state index in [1.807, 2.05) is 24.3 Å². The molecule has 0 fully saturated rings. The monoisotopic (exact) mass is 406 g/mol. The number of rotatable bonds is 4. The fourth-order valence-corrected chi connectivity index (χ4v) is 4.56. The standard InChI is InChI=1S/C24H26N2O4/c1-24(2)12-18-23(19(27)13-24)17(15-7-8-20(29-3)21(10-15)30-4)11-22(28)26(18)16-6-5-9-25-14-16/h5-10,14,17H,11-13H2,1-4H3. The van der Waals surface area contributed by atoms with Crippen molar-refractivity contribution in [2.75, 3.05) is 19.1 Å². The Kier molecular flexibility index (Phi) is 5.10. The summed E-state index contributed by atoms with van der Waals surface area (Å²) in [6.45, 7) is 4.14. The number of pyridine rings is 1. The van der Waals surface area contributed by atoms with Crippen LogP contribution in [0.15, 0.2) is 54.0 Å². The van der Waals surface area contributed by atoms with Crippen molar-refractivity contribution in [3.8, 4) is 11.5 Å². The molecular weight excluding hydrogens is 380 g/mol. The van der Waals surface area contributed by atoms with Gasteiger partial charge in [-0.05, 0) is 41.7 Å². The highest BCUT2D eigenvalue weighted by Crippen LogP contribution is 2.48. The number of allylic oxidation sites excluding steroid dienone is 2. The van der Waals surface area contributed by atoms with Gasteiger partial charge in [0, 0.05) is 36.2 Å². The van der Waals surface area contributed by atoms with Crippen LogP contribution in [-0.4, -0.2) is 30.9 Å². The number of anilines is 1. The Balaban J connectivity index is 1.88. The minimum atomic E-state index is -0.302. The molecule has 0 bridgehead atoms. The summed E-state index contributed by atoms with van der Waals surface area (Å²) >= 11 is 0. The molecule has 1 amide bonds. The van der Waals surface area contributed by atoms with Gasteiger partial charge in [0.2, 0.25) is 5.91 Å². The van der Waals surface area contributed by atoms with Gasteiger partial charge >= 0.3 is 0 Å². The molecule has 1 aromatic carbocycles. The molecule has 2 heterocycles. The molecule has 1 atom stereocenters. The average Bonchev–Trinajstić information content (AvgIpc) is 2.72. The number of ether oxygens (including phenoxy) is 2. The Labute approximate surface area is 176 Å². The van der Waals surface area contributed by atoms with Crippen molar-refractivity contribution in [1.82, 2.24) is 4.98 Å². The minimum absolute atomic E-state index is 0.0352. The lowest BCUT2D eigenvalue weighted by Gasteiger charge is -2.42. The molecule has 1 aromatic heterocycles. The zero-order chi connectivity index (χ0) is 21.5. The Hall–Kier alpha value is -3.15. The zero-order valence-corrected chi connectivity index (χ0v) is 17.8. The molecule has 0 spiro atoms. The van der Waals surface area contributed by atoms with Crippen LogP contribution in [0.5, 0.6) is 11.5 Å². The van der Waals surface area contributed by atoms with Crippen molar-refractivity contribution < 1.29 is 19.1 Å². The Morgan fingerprint density at radius 2 is 1.83 bits per heavy atom. The lowest BCUT2D eigenvalue weighted by atomic mass is 9.69. The number of carbonyl (C=O) groups is 2. The maximum Gasteiger partial charge on any atom is 0.232 e. The lowest BCUT2D eigenvalue weighted by molar-refractivity contribution is -0.121. The van der Waals surface area contributed by atoms with E-state index in [9.17, 15) is 9.59 Å². The van der Waals surface area contributed by atoms with Gasteiger partial charge in [-0.15, -0.1) is 0 Å². The minimum Gasteiger partial charge on any atom is -0.493 e. The van der Waals surface area contributed by atoms with Crippen LogP contribution in [0, 0.1) is 5.41 Å². The maximum atomic E-state index is 13.3. The highest BCUT2D eigenvalue weighted by molar-refractivity contribution is 6.07. The third-order valence-electron chi connectivity index (χ3n) is 5.86. The van der Waals surface area contributed by atoms with Crippen LogP contribution in [-0.2, 0) is 9.59 Å². The van der Waals surface area contributed by atoms with E-state index in [-0.39, 0.29) is 29.4 Å². The van der Waals surface area contributed by atoms with Crippen LogP contribution in [0.4, 0.5) is 5.69 Å². The normalized spacial score (nSPS) is 20.8. The number of Topliss-reactive ketones (excluding diaryl/α,β-unsaturated/α-hetero) is 1. The summed E-state index contributed by atoms with van der Waals surface area (Å²) in [5.74, 6) is 0.965. The summed E-state index contributed by atoms with van der Waals surface area (Å²) in [7, 11) is 3.16. The van der Waals surface area contributed by atoms with Gasteiger partial charge in [-0.2, -0.15) is 0 Å². The SMILES string of the molecule is COc1ccc(C2CC(=O)N(c3cccnc3)C3=C2C(=O)CC(C)(C)C3)cc1OC. The topological polar surface area (TPSA) is 68.7 Å². The molecule has 2 aliphatic rings. The first kappa shape index (κ1) is 20.1. The van der Waals surface area contributed by atoms with Crippen molar-refractivity contribution in [3.05, 3.63) is 59.6 Å². The first-order chi connectivity index (χ1) is 14.3. The molecule has 0 N–H and O–H groups in total. The second-order valence-corrected chi connectivity index (χ2v) is 8.61. The molecule has 0 saturated heterocycles. The fraction of sp³-hybridized carbons (Fsp3) is 0.375. The van der Waals surface area contributed by atoms with Crippen molar-refractivity contribution in [1.29, 1.82) is 0 Å². The fourth-order valence-electron chi connectivity index (χ4n) is 4.56. The van der Waals surface area contributed by atoms with Gasteiger partial charge in [0.15, 0.2) is 17.3 Å². The molecule has 2 aromatic rings. The van der Waals surface area contributed by atoms with Gasteiger partial charge in [0.25, 0.3) is 0 Å². The van der Waals surface area contributed by atoms with E-state index in [1.165, 1.54) is 0 Å². The highest BCUT2D eigenvalue weighted by atomic mass is 16.5. The summed E-state index contributed by atoms with van der Waals surface area (Å²) in [4.78, 5) is 32.5. The number of carbonyl (C=O) groups excluding carboxylic acids is 2. The zero-order valence-electron chi connectivity index (χ0n) is 17.8. The van der Waals surface area contributed by atoms with E-state index in [2.05, 4.69) is 18.8 Å². The number of ketones is 1. The Morgan fingerprint density at radius 3 is 2.50 bits per heavy atom. The molecule has 6 nitrogen and oxygen atoms in total. The second-order valence-electron chi connectivity index (χ2n) is 8.61. The first-order valence-corrected chi connectivity index (χ1v) is 10.1. The summed E-state index contributed by atoms with van der Waals surface area (Å²) < 4.78 is 10.8. The molecule has 30 heavy (non-hydrogen) atoms. The van der Waals surface area contributed by atoms with Crippen LogP contribution in [0.3, 0.4) is 0 Å². The largest absolute Gasteiger partial charge is 0.493 e. The number of aromatic nitrogens is 1. The van der Waals surface area contributed by atoms with Crippen LogP contribution in [0.1, 0.15) is 44.6 Å². The van der Waals surface area contributed by atoms with Gasteiger partial charge in [-0.1, -0.05) is 19.9 Å². The predicted molar refractivity (Wildman–Crippen MR) is 114 cm³/mol. The van der Waals surface area contributed by atoms with Gasteiger partial charge in [0.1, 0.15) is 0 Å². The summed E-state index contributed by atoms with van der Waals surface area (Å²) in [6.07, 6.45) is 4.68.